The molecule has 2 amide bonds. The van der Waals surface area contributed by atoms with Crippen molar-refractivity contribution >= 4 is 28.7 Å². The molecule has 1 atom stereocenters. The van der Waals surface area contributed by atoms with Gasteiger partial charge in [-0.15, -0.1) is 11.3 Å². The number of carbonyl (C=O) groups excluding carboxylic acids is 1. The molecule has 0 bridgehead atoms. The Hall–Kier alpha value is -2.08. The number of hydrogen-bond acceptors (Lipinski definition) is 4. The highest BCUT2D eigenvalue weighted by Crippen LogP contribution is 2.23. The number of aromatic nitrogens is 1. The summed E-state index contributed by atoms with van der Waals surface area (Å²) in [4.78, 5) is 16.0. The molecule has 0 aliphatic rings. The van der Waals surface area contributed by atoms with E-state index >= 15 is 0 Å². The zero-order valence-corrected chi connectivity index (χ0v) is 10.7. The third-order valence-corrected chi connectivity index (χ3v) is 3.35. The highest BCUT2D eigenvalue weighted by Gasteiger charge is 2.07. The molecule has 5 nitrogen and oxygen atoms in total. The van der Waals surface area contributed by atoms with Gasteiger partial charge in [-0.25, -0.2) is 4.79 Å². The van der Waals surface area contributed by atoms with Crippen molar-refractivity contribution in [2.75, 3.05) is 10.6 Å². The molecule has 6 heteroatoms. The van der Waals surface area contributed by atoms with Crippen LogP contribution in [0, 0.1) is 0 Å². The Morgan fingerprint density at radius 1 is 1.44 bits per heavy atom. The largest absolute Gasteiger partial charge is 0.378 e. The number of nitrogens with two attached hydrogens (primary N) is 1. The Labute approximate surface area is 109 Å². The van der Waals surface area contributed by atoms with Gasteiger partial charge in [-0.3, -0.25) is 4.98 Å². The number of nitrogens with zero attached hydrogens (tertiary/aromatic N) is 1. The van der Waals surface area contributed by atoms with Crippen molar-refractivity contribution in [2.45, 2.75) is 13.0 Å². The first-order chi connectivity index (χ1) is 8.65. The number of rotatable bonds is 4. The monoisotopic (exact) mass is 262 g/mol. The van der Waals surface area contributed by atoms with Crippen LogP contribution in [0.1, 0.15) is 17.8 Å². The van der Waals surface area contributed by atoms with Crippen LogP contribution in [0.2, 0.25) is 0 Å². The van der Waals surface area contributed by atoms with E-state index in [0.717, 1.165) is 10.6 Å². The number of thiazole rings is 1. The van der Waals surface area contributed by atoms with Gasteiger partial charge in [-0.2, -0.15) is 0 Å². The van der Waals surface area contributed by atoms with Crippen LogP contribution in [0.4, 0.5) is 16.2 Å². The maximum atomic E-state index is 10.8. The molecule has 0 saturated heterocycles. The van der Waals surface area contributed by atoms with Crippen LogP contribution in [0.25, 0.3) is 0 Å². The molecule has 0 aliphatic heterocycles. The first-order valence-electron chi connectivity index (χ1n) is 5.46. The van der Waals surface area contributed by atoms with Gasteiger partial charge in [0.15, 0.2) is 0 Å². The number of primary amides is 1. The van der Waals surface area contributed by atoms with Gasteiger partial charge in [0.1, 0.15) is 0 Å². The lowest BCUT2D eigenvalue weighted by Gasteiger charge is -2.14. The molecule has 0 spiro atoms. The molecule has 0 radical (unpaired) electrons. The Kier molecular flexibility index (Phi) is 3.78. The molecule has 1 unspecified atom stereocenters. The minimum atomic E-state index is -0.567. The van der Waals surface area contributed by atoms with Gasteiger partial charge in [0.2, 0.25) is 0 Å². The molecule has 94 valence electrons. The average molecular weight is 262 g/mol. The fourth-order valence-electron chi connectivity index (χ4n) is 1.59. The van der Waals surface area contributed by atoms with E-state index in [-0.39, 0.29) is 6.04 Å². The van der Waals surface area contributed by atoms with Crippen molar-refractivity contribution < 1.29 is 4.79 Å². The normalized spacial score (nSPS) is 11.8. The second-order valence-corrected chi connectivity index (χ2v) is 4.76. The molecule has 4 N–H and O–H groups in total. The number of anilines is 2. The summed E-state index contributed by atoms with van der Waals surface area (Å²) in [5.74, 6) is 0. The maximum Gasteiger partial charge on any atom is 0.316 e. The third-order valence-electron chi connectivity index (χ3n) is 2.39. The SMILES string of the molecule is CC(Nc1cccc(NC(N)=O)c1)c1cncs1. The van der Waals surface area contributed by atoms with Crippen LogP contribution in [0.5, 0.6) is 0 Å². The van der Waals surface area contributed by atoms with E-state index in [1.807, 2.05) is 24.4 Å². The maximum absolute atomic E-state index is 10.8. The van der Waals surface area contributed by atoms with Crippen LogP contribution in [-0.4, -0.2) is 11.0 Å². The molecule has 1 aromatic heterocycles. The van der Waals surface area contributed by atoms with E-state index < -0.39 is 6.03 Å². The van der Waals surface area contributed by atoms with Crippen molar-refractivity contribution in [3.63, 3.8) is 0 Å². The Morgan fingerprint density at radius 3 is 2.89 bits per heavy atom. The van der Waals surface area contributed by atoms with Crippen LogP contribution in [0.3, 0.4) is 0 Å². The summed E-state index contributed by atoms with van der Waals surface area (Å²) in [6.07, 6.45) is 1.84. The highest BCUT2D eigenvalue weighted by atomic mass is 32.1. The number of nitrogens with one attached hydrogen (secondary N) is 2. The number of amides is 2. The molecule has 0 saturated carbocycles. The Bertz CT molecular complexity index is 527. The van der Waals surface area contributed by atoms with Gasteiger partial charge >= 0.3 is 6.03 Å². The summed E-state index contributed by atoms with van der Waals surface area (Å²) in [5.41, 5.74) is 8.47. The molecule has 2 rings (SSSR count). The van der Waals surface area contributed by atoms with Crippen LogP contribution in [-0.2, 0) is 0 Å². The van der Waals surface area contributed by atoms with E-state index in [9.17, 15) is 4.79 Å². The van der Waals surface area contributed by atoms with E-state index in [1.165, 1.54) is 0 Å². The zero-order valence-electron chi connectivity index (χ0n) is 9.88. The van der Waals surface area contributed by atoms with Gasteiger partial charge in [-0.1, -0.05) is 6.07 Å². The average Bonchev–Trinajstić information content (AvgIpc) is 2.81. The number of hydrogen-bond donors (Lipinski definition) is 3. The van der Waals surface area contributed by atoms with Gasteiger partial charge < -0.3 is 16.4 Å². The second kappa shape index (κ2) is 5.50. The standard InChI is InChI=1S/C12H14N4OS/c1-8(11-6-14-7-18-11)15-9-3-2-4-10(5-9)16-12(13)17/h2-8,15H,1H3,(H3,13,16,17). The van der Waals surface area contributed by atoms with E-state index in [4.69, 9.17) is 5.73 Å². The molecule has 2 aromatic rings. The predicted molar refractivity (Wildman–Crippen MR) is 73.8 cm³/mol. The lowest BCUT2D eigenvalue weighted by atomic mass is 10.2. The molecule has 0 fully saturated rings. The van der Waals surface area contributed by atoms with E-state index in [2.05, 4.69) is 22.5 Å². The predicted octanol–water partition coefficient (Wildman–Crippen LogP) is 2.81. The van der Waals surface area contributed by atoms with Crippen LogP contribution < -0.4 is 16.4 Å². The molecular formula is C12H14N4OS. The smallest absolute Gasteiger partial charge is 0.316 e. The summed E-state index contributed by atoms with van der Waals surface area (Å²) in [6, 6.07) is 7.01. The molecule has 18 heavy (non-hydrogen) atoms. The minimum absolute atomic E-state index is 0.168. The van der Waals surface area contributed by atoms with Crippen LogP contribution in [0.15, 0.2) is 36.0 Å². The zero-order chi connectivity index (χ0) is 13.0. The topological polar surface area (TPSA) is 80.0 Å². The summed E-state index contributed by atoms with van der Waals surface area (Å²) in [6.45, 7) is 2.06. The van der Waals surface area contributed by atoms with Gasteiger partial charge in [0, 0.05) is 22.4 Å². The number of benzene rings is 1. The molecule has 0 aliphatic carbocycles. The fraction of sp³-hybridized carbons (Fsp3) is 0.167. The summed E-state index contributed by atoms with van der Waals surface area (Å²) in [5, 5.41) is 5.88. The molecule has 1 heterocycles. The first-order valence-corrected chi connectivity index (χ1v) is 6.34. The van der Waals surface area contributed by atoms with Crippen molar-refractivity contribution in [3.8, 4) is 0 Å². The first kappa shape index (κ1) is 12.4. The lowest BCUT2D eigenvalue weighted by molar-refractivity contribution is 0.259. The number of urea groups is 1. The van der Waals surface area contributed by atoms with Gasteiger partial charge in [0.05, 0.1) is 11.6 Å². The van der Waals surface area contributed by atoms with Crippen molar-refractivity contribution in [1.82, 2.24) is 4.98 Å². The van der Waals surface area contributed by atoms with Crippen LogP contribution >= 0.6 is 11.3 Å². The van der Waals surface area contributed by atoms with E-state index in [1.54, 1.807) is 22.9 Å². The number of carbonyl (C=O) groups is 1. The Balaban J connectivity index is 2.07. The third kappa shape index (κ3) is 3.21. The van der Waals surface area contributed by atoms with E-state index in [0.29, 0.717) is 5.69 Å². The summed E-state index contributed by atoms with van der Waals surface area (Å²) < 4.78 is 0. The summed E-state index contributed by atoms with van der Waals surface area (Å²) in [7, 11) is 0. The quantitative estimate of drug-likeness (QED) is 0.792. The van der Waals surface area contributed by atoms with Crippen molar-refractivity contribution in [1.29, 1.82) is 0 Å². The molecule has 1 aromatic carbocycles. The Morgan fingerprint density at radius 2 is 2.22 bits per heavy atom. The fourth-order valence-corrected chi connectivity index (χ4v) is 2.22. The highest BCUT2D eigenvalue weighted by molar-refractivity contribution is 7.09. The second-order valence-electron chi connectivity index (χ2n) is 3.84. The lowest BCUT2D eigenvalue weighted by Crippen LogP contribution is -2.19. The van der Waals surface area contributed by atoms with Crippen molar-refractivity contribution in [2.24, 2.45) is 5.73 Å². The van der Waals surface area contributed by atoms with Crippen molar-refractivity contribution in [3.05, 3.63) is 40.8 Å². The van der Waals surface area contributed by atoms with Gasteiger partial charge in [0.25, 0.3) is 0 Å². The molecular weight excluding hydrogens is 248 g/mol. The van der Waals surface area contributed by atoms with Gasteiger partial charge in [-0.05, 0) is 25.1 Å². The minimum Gasteiger partial charge on any atom is -0.378 e. The summed E-state index contributed by atoms with van der Waals surface area (Å²) >= 11 is 1.60.